The molecule has 2 rings (SSSR count). The number of hydrogen-bond acceptors (Lipinski definition) is 2. The molecular formula is C14H17BrN2O. The van der Waals surface area contributed by atoms with Crippen molar-refractivity contribution in [2.24, 2.45) is 11.0 Å². The quantitative estimate of drug-likeness (QED) is 0.831. The lowest BCUT2D eigenvalue weighted by atomic mass is 9.89. The first-order chi connectivity index (χ1) is 8.65. The van der Waals surface area contributed by atoms with Gasteiger partial charge in [0.15, 0.2) is 0 Å². The fourth-order valence-corrected chi connectivity index (χ4v) is 2.42. The number of nitrogens with zero attached hydrogens (tertiary/aromatic N) is 1. The topological polar surface area (TPSA) is 41.5 Å². The van der Waals surface area contributed by atoms with Crippen molar-refractivity contribution in [3.05, 3.63) is 34.3 Å². The summed E-state index contributed by atoms with van der Waals surface area (Å²) < 4.78 is 0.964. The highest BCUT2D eigenvalue weighted by Gasteiger charge is 2.14. The molecule has 0 radical (unpaired) electrons. The van der Waals surface area contributed by atoms with Gasteiger partial charge in [-0.05, 0) is 55.9 Å². The van der Waals surface area contributed by atoms with E-state index in [1.54, 1.807) is 12.1 Å². The van der Waals surface area contributed by atoms with E-state index in [-0.39, 0.29) is 5.91 Å². The number of hydrogen-bond donors (Lipinski definition) is 1. The molecule has 0 spiro atoms. The lowest BCUT2D eigenvalue weighted by molar-refractivity contribution is 0.0954. The van der Waals surface area contributed by atoms with Gasteiger partial charge in [-0.3, -0.25) is 4.79 Å². The average Bonchev–Trinajstić information content (AvgIpc) is 2.37. The number of carbonyl (C=O) groups is 1. The Morgan fingerprint density at radius 3 is 2.78 bits per heavy atom. The van der Waals surface area contributed by atoms with Gasteiger partial charge in [-0.25, -0.2) is 5.43 Å². The van der Waals surface area contributed by atoms with E-state index < -0.39 is 0 Å². The fraction of sp³-hybridized carbons (Fsp3) is 0.429. The zero-order valence-electron chi connectivity index (χ0n) is 10.4. The molecular weight excluding hydrogens is 292 g/mol. The Hall–Kier alpha value is -1.16. The second-order valence-electron chi connectivity index (χ2n) is 4.83. The van der Waals surface area contributed by atoms with Crippen LogP contribution in [0, 0.1) is 5.92 Å². The van der Waals surface area contributed by atoms with Gasteiger partial charge in [-0.2, -0.15) is 5.10 Å². The van der Waals surface area contributed by atoms with Crippen molar-refractivity contribution in [2.45, 2.75) is 32.6 Å². The van der Waals surface area contributed by atoms with E-state index in [0.717, 1.165) is 23.0 Å². The molecule has 1 aromatic rings. The fourth-order valence-electron chi connectivity index (χ4n) is 2.16. The molecule has 1 N–H and O–H groups in total. The van der Waals surface area contributed by atoms with Crippen LogP contribution in [0.15, 0.2) is 33.8 Å². The minimum atomic E-state index is -0.145. The van der Waals surface area contributed by atoms with Gasteiger partial charge in [-0.15, -0.1) is 0 Å². The first kappa shape index (κ1) is 13.3. The zero-order chi connectivity index (χ0) is 13.0. The van der Waals surface area contributed by atoms with Crippen LogP contribution in [-0.2, 0) is 0 Å². The third kappa shape index (κ3) is 3.67. The largest absolute Gasteiger partial charge is 0.271 e. The predicted molar refractivity (Wildman–Crippen MR) is 76.7 cm³/mol. The van der Waals surface area contributed by atoms with Crippen LogP contribution < -0.4 is 5.43 Å². The summed E-state index contributed by atoms with van der Waals surface area (Å²) in [6, 6.07) is 7.27. The van der Waals surface area contributed by atoms with E-state index in [4.69, 9.17) is 0 Å². The lowest BCUT2D eigenvalue weighted by Gasteiger charge is -2.18. The number of rotatable bonds is 2. The van der Waals surface area contributed by atoms with Crippen LogP contribution in [0.5, 0.6) is 0 Å². The van der Waals surface area contributed by atoms with Crippen molar-refractivity contribution in [2.75, 3.05) is 0 Å². The van der Waals surface area contributed by atoms with E-state index in [0.29, 0.717) is 11.5 Å². The molecule has 0 heterocycles. The van der Waals surface area contributed by atoms with Gasteiger partial charge in [0.05, 0.1) is 0 Å². The van der Waals surface area contributed by atoms with Crippen LogP contribution in [0.2, 0.25) is 0 Å². The highest BCUT2D eigenvalue weighted by molar-refractivity contribution is 9.10. The van der Waals surface area contributed by atoms with E-state index >= 15 is 0 Å². The Labute approximate surface area is 116 Å². The average molecular weight is 309 g/mol. The number of benzene rings is 1. The summed E-state index contributed by atoms with van der Waals surface area (Å²) in [5, 5.41) is 4.24. The van der Waals surface area contributed by atoms with E-state index in [1.807, 2.05) is 12.1 Å². The van der Waals surface area contributed by atoms with Gasteiger partial charge in [0, 0.05) is 15.7 Å². The SMILES string of the molecule is C[C@@H]1CCCC(=NNC(=O)c2ccc(Br)cc2)C1. The molecule has 4 heteroatoms. The van der Waals surface area contributed by atoms with Crippen molar-refractivity contribution in [3.8, 4) is 0 Å². The van der Waals surface area contributed by atoms with Gasteiger partial charge < -0.3 is 0 Å². The second-order valence-corrected chi connectivity index (χ2v) is 5.74. The monoisotopic (exact) mass is 308 g/mol. The molecule has 1 fully saturated rings. The predicted octanol–water partition coefficient (Wildman–Crippen LogP) is 3.75. The first-order valence-electron chi connectivity index (χ1n) is 6.26. The normalized spacial score (nSPS) is 21.9. The number of halogens is 1. The Morgan fingerprint density at radius 2 is 2.11 bits per heavy atom. The van der Waals surface area contributed by atoms with Crippen molar-refractivity contribution in [1.82, 2.24) is 5.43 Å². The molecule has 0 unspecified atom stereocenters. The van der Waals surface area contributed by atoms with E-state index in [9.17, 15) is 4.79 Å². The van der Waals surface area contributed by atoms with Crippen LogP contribution >= 0.6 is 15.9 Å². The molecule has 0 saturated heterocycles. The summed E-state index contributed by atoms with van der Waals surface area (Å²) in [6.45, 7) is 2.23. The molecule has 0 aromatic heterocycles. The lowest BCUT2D eigenvalue weighted by Crippen LogP contribution is -2.22. The molecule has 96 valence electrons. The molecule has 1 aromatic carbocycles. The van der Waals surface area contributed by atoms with E-state index in [1.165, 1.54) is 12.8 Å². The molecule has 1 saturated carbocycles. The van der Waals surface area contributed by atoms with Crippen LogP contribution in [-0.4, -0.2) is 11.6 Å². The van der Waals surface area contributed by atoms with Crippen molar-refractivity contribution in [3.63, 3.8) is 0 Å². The van der Waals surface area contributed by atoms with Gasteiger partial charge in [-0.1, -0.05) is 22.9 Å². The molecule has 1 amide bonds. The Morgan fingerprint density at radius 1 is 1.39 bits per heavy atom. The van der Waals surface area contributed by atoms with Gasteiger partial charge in [0.25, 0.3) is 5.91 Å². The number of hydrazone groups is 1. The summed E-state index contributed by atoms with van der Waals surface area (Å²) in [7, 11) is 0. The van der Waals surface area contributed by atoms with Crippen molar-refractivity contribution in [1.29, 1.82) is 0 Å². The maximum absolute atomic E-state index is 11.8. The Kier molecular flexibility index (Phi) is 4.53. The third-order valence-corrected chi connectivity index (χ3v) is 3.70. The molecule has 0 aliphatic heterocycles. The van der Waals surface area contributed by atoms with Gasteiger partial charge in [0.2, 0.25) is 0 Å². The Bertz CT molecular complexity index is 453. The minimum absolute atomic E-state index is 0.145. The highest BCUT2D eigenvalue weighted by atomic mass is 79.9. The van der Waals surface area contributed by atoms with Crippen molar-refractivity contribution < 1.29 is 4.79 Å². The summed E-state index contributed by atoms with van der Waals surface area (Å²) in [5.74, 6) is 0.537. The molecule has 1 atom stereocenters. The zero-order valence-corrected chi connectivity index (χ0v) is 12.0. The number of amides is 1. The highest BCUT2D eigenvalue weighted by Crippen LogP contribution is 2.21. The number of nitrogens with one attached hydrogen (secondary N) is 1. The molecule has 0 bridgehead atoms. The maximum atomic E-state index is 11.8. The molecule has 3 nitrogen and oxygen atoms in total. The Balaban J connectivity index is 1.95. The number of carbonyl (C=O) groups excluding carboxylic acids is 1. The molecule has 1 aliphatic rings. The van der Waals surface area contributed by atoms with Crippen LogP contribution in [0.1, 0.15) is 43.0 Å². The standard InChI is InChI=1S/C14H17BrN2O/c1-10-3-2-4-13(9-10)16-17-14(18)11-5-7-12(15)8-6-11/h5-8,10H,2-4,9H2,1H3,(H,17,18)/t10-/m1/s1. The summed E-state index contributed by atoms with van der Waals surface area (Å²) in [4.78, 5) is 11.8. The third-order valence-electron chi connectivity index (χ3n) is 3.17. The van der Waals surface area contributed by atoms with Gasteiger partial charge >= 0.3 is 0 Å². The van der Waals surface area contributed by atoms with Crippen LogP contribution in [0.4, 0.5) is 0 Å². The van der Waals surface area contributed by atoms with Crippen LogP contribution in [0.3, 0.4) is 0 Å². The summed E-state index contributed by atoms with van der Waals surface area (Å²) in [5.41, 5.74) is 4.38. The van der Waals surface area contributed by atoms with E-state index in [2.05, 4.69) is 33.4 Å². The molecule has 18 heavy (non-hydrogen) atoms. The van der Waals surface area contributed by atoms with Gasteiger partial charge in [0.1, 0.15) is 0 Å². The minimum Gasteiger partial charge on any atom is -0.267 e. The second kappa shape index (κ2) is 6.14. The summed E-state index contributed by atoms with van der Waals surface area (Å²) in [6.07, 6.45) is 4.44. The van der Waals surface area contributed by atoms with Crippen molar-refractivity contribution >= 4 is 27.5 Å². The first-order valence-corrected chi connectivity index (χ1v) is 7.06. The molecule has 1 aliphatic carbocycles. The summed E-state index contributed by atoms with van der Waals surface area (Å²) >= 11 is 3.34. The smallest absolute Gasteiger partial charge is 0.267 e. The maximum Gasteiger partial charge on any atom is 0.271 e. The van der Waals surface area contributed by atoms with Crippen LogP contribution in [0.25, 0.3) is 0 Å².